The highest BCUT2D eigenvalue weighted by atomic mass is 19.1. The molecule has 0 saturated heterocycles. The number of esters is 1. The van der Waals surface area contributed by atoms with Gasteiger partial charge in [0.1, 0.15) is 5.82 Å². The van der Waals surface area contributed by atoms with Crippen molar-refractivity contribution in [3.63, 3.8) is 0 Å². The van der Waals surface area contributed by atoms with Crippen LogP contribution in [0, 0.1) is 5.82 Å². The normalized spacial score (nSPS) is 10.1. The lowest BCUT2D eigenvalue weighted by atomic mass is 10.1. The van der Waals surface area contributed by atoms with Crippen LogP contribution in [0.1, 0.15) is 17.3 Å². The maximum Gasteiger partial charge on any atom is 0.338 e. The highest BCUT2D eigenvalue weighted by Gasteiger charge is 2.10. The molecule has 0 radical (unpaired) electrons. The van der Waals surface area contributed by atoms with E-state index < -0.39 is 11.8 Å². The summed E-state index contributed by atoms with van der Waals surface area (Å²) in [4.78, 5) is 11.7. The third-order valence-electron chi connectivity index (χ3n) is 2.71. The van der Waals surface area contributed by atoms with Gasteiger partial charge in [0.15, 0.2) is 0 Å². The number of carbonyl (C=O) groups excluding carboxylic acids is 1. The zero-order chi connectivity index (χ0) is 14.5. The summed E-state index contributed by atoms with van der Waals surface area (Å²) in [6.45, 7) is 2.02. The third-order valence-corrected chi connectivity index (χ3v) is 2.71. The van der Waals surface area contributed by atoms with Crippen molar-refractivity contribution in [2.45, 2.75) is 6.92 Å². The fraction of sp³-hybridized carbons (Fsp3) is 0.133. The molecule has 0 saturated carbocycles. The van der Waals surface area contributed by atoms with Crippen molar-refractivity contribution < 1.29 is 13.9 Å². The van der Waals surface area contributed by atoms with E-state index in [0.717, 1.165) is 0 Å². The summed E-state index contributed by atoms with van der Waals surface area (Å²) in [5.74, 6) is -0.836. The molecule has 2 rings (SSSR count). The van der Waals surface area contributed by atoms with Gasteiger partial charge in [-0.3, -0.25) is 0 Å². The Morgan fingerprint density at radius 3 is 2.70 bits per heavy atom. The van der Waals surface area contributed by atoms with Crippen LogP contribution in [0.25, 0.3) is 0 Å². The minimum Gasteiger partial charge on any atom is -0.462 e. The molecule has 20 heavy (non-hydrogen) atoms. The molecule has 2 aromatic rings. The number of carbonyl (C=O) groups is 1. The lowest BCUT2D eigenvalue weighted by Crippen LogP contribution is -2.06. The summed E-state index contributed by atoms with van der Waals surface area (Å²) < 4.78 is 18.5. The lowest BCUT2D eigenvalue weighted by molar-refractivity contribution is 0.0526. The van der Waals surface area contributed by atoms with Crippen LogP contribution < -0.4 is 11.1 Å². The van der Waals surface area contributed by atoms with Crippen molar-refractivity contribution in [1.29, 1.82) is 0 Å². The molecule has 0 aromatic heterocycles. The first-order chi connectivity index (χ1) is 9.61. The standard InChI is InChI=1S/C15H15FN2O2/c1-2-20-15(19)10-7-8-12(17)14(9-10)18-13-6-4-3-5-11(13)16/h3-9,18H,2,17H2,1H3. The fourth-order valence-electron chi connectivity index (χ4n) is 1.71. The molecule has 3 N–H and O–H groups in total. The Kier molecular flexibility index (Phi) is 4.20. The van der Waals surface area contributed by atoms with Crippen LogP contribution in [-0.2, 0) is 4.74 Å². The molecular weight excluding hydrogens is 259 g/mol. The Hall–Kier alpha value is -2.56. The van der Waals surface area contributed by atoms with Gasteiger partial charge in [-0.1, -0.05) is 12.1 Å². The van der Waals surface area contributed by atoms with Crippen LogP contribution in [-0.4, -0.2) is 12.6 Å². The van der Waals surface area contributed by atoms with E-state index in [1.165, 1.54) is 6.07 Å². The molecule has 0 aliphatic heterocycles. The van der Waals surface area contributed by atoms with Gasteiger partial charge in [0.25, 0.3) is 0 Å². The van der Waals surface area contributed by atoms with Gasteiger partial charge in [-0.15, -0.1) is 0 Å². The van der Waals surface area contributed by atoms with Crippen molar-refractivity contribution in [2.24, 2.45) is 0 Å². The number of benzene rings is 2. The van der Waals surface area contributed by atoms with Gasteiger partial charge in [0.2, 0.25) is 0 Å². The van der Waals surface area contributed by atoms with Crippen LogP contribution in [0.15, 0.2) is 42.5 Å². The molecular formula is C15H15FN2O2. The van der Waals surface area contributed by atoms with Gasteiger partial charge in [-0.05, 0) is 37.3 Å². The average molecular weight is 274 g/mol. The van der Waals surface area contributed by atoms with Crippen molar-refractivity contribution in [2.75, 3.05) is 17.7 Å². The van der Waals surface area contributed by atoms with Crippen molar-refractivity contribution in [3.8, 4) is 0 Å². The van der Waals surface area contributed by atoms with Gasteiger partial charge < -0.3 is 15.8 Å². The largest absolute Gasteiger partial charge is 0.462 e. The molecule has 0 atom stereocenters. The molecule has 0 bridgehead atoms. The topological polar surface area (TPSA) is 64.3 Å². The molecule has 0 unspecified atom stereocenters. The highest BCUT2D eigenvalue weighted by Crippen LogP contribution is 2.26. The van der Waals surface area contributed by atoms with Gasteiger partial charge >= 0.3 is 5.97 Å². The Morgan fingerprint density at radius 2 is 2.00 bits per heavy atom. The average Bonchev–Trinajstić information content (AvgIpc) is 2.44. The minimum atomic E-state index is -0.441. The van der Waals surface area contributed by atoms with Crippen LogP contribution in [0.3, 0.4) is 0 Å². The quantitative estimate of drug-likeness (QED) is 0.663. The van der Waals surface area contributed by atoms with Gasteiger partial charge in [-0.25, -0.2) is 9.18 Å². The summed E-state index contributed by atoms with van der Waals surface area (Å²) in [6.07, 6.45) is 0. The van der Waals surface area contributed by atoms with Crippen molar-refractivity contribution >= 4 is 23.0 Å². The maximum atomic E-state index is 13.6. The highest BCUT2D eigenvalue weighted by molar-refractivity contribution is 5.92. The molecule has 104 valence electrons. The van der Waals surface area contributed by atoms with Crippen molar-refractivity contribution in [3.05, 3.63) is 53.8 Å². The monoisotopic (exact) mass is 274 g/mol. The Bertz CT molecular complexity index is 629. The van der Waals surface area contributed by atoms with E-state index in [0.29, 0.717) is 29.2 Å². The van der Waals surface area contributed by atoms with Crippen LogP contribution >= 0.6 is 0 Å². The Morgan fingerprint density at radius 1 is 1.25 bits per heavy atom. The van der Waals surface area contributed by atoms with E-state index in [4.69, 9.17) is 10.5 Å². The zero-order valence-electron chi connectivity index (χ0n) is 11.0. The summed E-state index contributed by atoms with van der Waals surface area (Å²) in [7, 11) is 0. The number of nitrogens with one attached hydrogen (secondary N) is 1. The molecule has 0 heterocycles. The van der Waals surface area contributed by atoms with E-state index in [2.05, 4.69) is 5.32 Å². The van der Waals surface area contributed by atoms with E-state index >= 15 is 0 Å². The number of anilines is 3. The third kappa shape index (κ3) is 3.06. The number of nitrogen functional groups attached to an aromatic ring is 1. The maximum absolute atomic E-state index is 13.6. The molecule has 0 amide bonds. The van der Waals surface area contributed by atoms with E-state index in [9.17, 15) is 9.18 Å². The smallest absolute Gasteiger partial charge is 0.338 e. The van der Waals surface area contributed by atoms with Gasteiger partial charge in [0, 0.05) is 0 Å². The van der Waals surface area contributed by atoms with Crippen LogP contribution in [0.4, 0.5) is 21.5 Å². The van der Waals surface area contributed by atoms with Gasteiger partial charge in [0.05, 0.1) is 29.2 Å². The van der Waals surface area contributed by atoms with Gasteiger partial charge in [-0.2, -0.15) is 0 Å². The first-order valence-electron chi connectivity index (χ1n) is 6.20. The number of para-hydroxylation sites is 1. The number of hydrogen-bond donors (Lipinski definition) is 2. The van der Waals surface area contributed by atoms with E-state index in [1.807, 2.05) is 0 Å². The second kappa shape index (κ2) is 6.06. The number of hydrogen-bond acceptors (Lipinski definition) is 4. The Balaban J connectivity index is 2.30. The molecule has 5 heteroatoms. The molecule has 4 nitrogen and oxygen atoms in total. The minimum absolute atomic E-state index is 0.291. The zero-order valence-corrected chi connectivity index (χ0v) is 11.0. The summed E-state index contributed by atoms with van der Waals surface area (Å²) in [6, 6.07) is 10.9. The van der Waals surface area contributed by atoms with E-state index in [1.54, 1.807) is 43.3 Å². The summed E-state index contributed by atoms with van der Waals surface area (Å²) >= 11 is 0. The van der Waals surface area contributed by atoms with Crippen LogP contribution in [0.5, 0.6) is 0 Å². The van der Waals surface area contributed by atoms with Crippen molar-refractivity contribution in [1.82, 2.24) is 0 Å². The number of halogens is 1. The van der Waals surface area contributed by atoms with Crippen LogP contribution in [0.2, 0.25) is 0 Å². The second-order valence-electron chi connectivity index (χ2n) is 4.13. The molecule has 0 spiro atoms. The summed E-state index contributed by atoms with van der Waals surface area (Å²) in [5, 5.41) is 2.87. The molecule has 0 fully saturated rings. The number of nitrogens with two attached hydrogens (primary N) is 1. The predicted molar refractivity (Wildman–Crippen MR) is 76.5 cm³/mol. The fourth-order valence-corrected chi connectivity index (χ4v) is 1.71. The summed E-state index contributed by atoms with van der Waals surface area (Å²) in [5.41, 5.74) is 7.35. The Labute approximate surface area is 116 Å². The molecule has 0 aliphatic carbocycles. The predicted octanol–water partition coefficient (Wildman–Crippen LogP) is 3.33. The molecule has 0 aliphatic rings. The number of rotatable bonds is 4. The SMILES string of the molecule is CCOC(=O)c1ccc(N)c(Nc2ccccc2F)c1. The number of ether oxygens (including phenoxy) is 1. The first-order valence-corrected chi connectivity index (χ1v) is 6.20. The first kappa shape index (κ1) is 13.9. The second-order valence-corrected chi connectivity index (χ2v) is 4.13. The molecule has 2 aromatic carbocycles. The lowest BCUT2D eigenvalue weighted by Gasteiger charge is -2.11. The van der Waals surface area contributed by atoms with E-state index in [-0.39, 0.29) is 0 Å².